The molecule has 0 saturated carbocycles. The summed E-state index contributed by atoms with van der Waals surface area (Å²) in [6.07, 6.45) is 1.85. The minimum absolute atomic E-state index is 0.177. The SMILES string of the molecule is CCCNC(=O)[C@H](C)N(Cc1ccc(Br)cc1)C(=O)CN(c1ccc(C(C)C)cc1)S(C)(=O)=O. The molecule has 0 fully saturated rings. The van der Waals surface area contributed by atoms with Crippen LogP contribution in [0.25, 0.3) is 0 Å². The smallest absolute Gasteiger partial charge is 0.244 e. The Balaban J connectivity index is 2.35. The first-order valence-corrected chi connectivity index (χ1v) is 14.0. The lowest BCUT2D eigenvalue weighted by molar-refractivity contribution is -0.139. The molecule has 7 nitrogen and oxygen atoms in total. The first kappa shape index (κ1) is 27.9. The van der Waals surface area contributed by atoms with Crippen LogP contribution in [0.1, 0.15) is 51.2 Å². The third-order valence-corrected chi connectivity index (χ3v) is 7.18. The van der Waals surface area contributed by atoms with Crippen molar-refractivity contribution in [3.8, 4) is 0 Å². The monoisotopic (exact) mass is 551 g/mol. The molecule has 2 rings (SSSR count). The van der Waals surface area contributed by atoms with Gasteiger partial charge < -0.3 is 10.2 Å². The summed E-state index contributed by atoms with van der Waals surface area (Å²) in [5.74, 6) is -0.439. The largest absolute Gasteiger partial charge is 0.354 e. The number of nitrogens with zero attached hydrogens (tertiary/aromatic N) is 2. The van der Waals surface area contributed by atoms with Gasteiger partial charge in [-0.15, -0.1) is 0 Å². The van der Waals surface area contributed by atoms with Gasteiger partial charge in [-0.05, 0) is 54.7 Å². The molecule has 0 heterocycles. The zero-order valence-electron chi connectivity index (χ0n) is 20.4. The lowest BCUT2D eigenvalue weighted by atomic mass is 10.0. The number of rotatable bonds is 11. The third kappa shape index (κ3) is 7.84. The fraction of sp³-hybridized carbons (Fsp3) is 0.440. The van der Waals surface area contributed by atoms with Crippen LogP contribution >= 0.6 is 15.9 Å². The summed E-state index contributed by atoms with van der Waals surface area (Å²) in [5.41, 5.74) is 2.31. The van der Waals surface area contributed by atoms with Crippen LogP contribution in [0.2, 0.25) is 0 Å². The van der Waals surface area contributed by atoms with E-state index in [1.54, 1.807) is 19.1 Å². The van der Waals surface area contributed by atoms with Gasteiger partial charge in [0.2, 0.25) is 21.8 Å². The molecule has 0 aliphatic carbocycles. The molecular weight excluding hydrogens is 518 g/mol. The normalized spacial score (nSPS) is 12.3. The molecule has 0 bridgehead atoms. The number of anilines is 1. The molecule has 0 aliphatic heterocycles. The number of halogens is 1. The van der Waals surface area contributed by atoms with Crippen molar-refractivity contribution in [1.82, 2.24) is 10.2 Å². The maximum atomic E-state index is 13.5. The first-order valence-electron chi connectivity index (χ1n) is 11.3. The minimum atomic E-state index is -3.74. The third-order valence-electron chi connectivity index (χ3n) is 5.51. The fourth-order valence-electron chi connectivity index (χ4n) is 3.40. The summed E-state index contributed by atoms with van der Waals surface area (Å²) < 4.78 is 27.2. The van der Waals surface area contributed by atoms with Crippen molar-refractivity contribution in [2.24, 2.45) is 0 Å². The molecular formula is C25H34BrN3O4S. The second-order valence-electron chi connectivity index (χ2n) is 8.63. The van der Waals surface area contributed by atoms with Crippen molar-refractivity contribution in [3.63, 3.8) is 0 Å². The van der Waals surface area contributed by atoms with Crippen molar-refractivity contribution in [2.45, 2.75) is 52.6 Å². The molecule has 186 valence electrons. The number of carbonyl (C=O) groups excluding carboxylic acids is 2. The van der Waals surface area contributed by atoms with E-state index in [0.717, 1.165) is 32.6 Å². The van der Waals surface area contributed by atoms with E-state index in [0.29, 0.717) is 18.2 Å². The molecule has 0 spiro atoms. The van der Waals surface area contributed by atoms with E-state index in [2.05, 4.69) is 35.1 Å². The number of sulfonamides is 1. The molecule has 1 atom stereocenters. The van der Waals surface area contributed by atoms with E-state index < -0.39 is 28.5 Å². The second-order valence-corrected chi connectivity index (χ2v) is 11.5. The number of carbonyl (C=O) groups is 2. The number of hydrogen-bond donors (Lipinski definition) is 1. The van der Waals surface area contributed by atoms with E-state index in [-0.39, 0.29) is 12.5 Å². The summed E-state index contributed by atoms with van der Waals surface area (Å²) in [6.45, 7) is 7.99. The standard InChI is InChI=1S/C25H34BrN3O4S/c1-6-15-27-25(31)19(4)28(16-20-7-11-22(26)12-8-20)24(30)17-29(34(5,32)33)23-13-9-21(10-14-23)18(2)3/h7-14,18-19H,6,15-17H2,1-5H3,(H,27,31)/t19-/m0/s1. The predicted molar refractivity (Wildman–Crippen MR) is 140 cm³/mol. The Hall–Kier alpha value is -2.39. The van der Waals surface area contributed by atoms with Crippen LogP contribution < -0.4 is 9.62 Å². The number of hydrogen-bond acceptors (Lipinski definition) is 4. The zero-order chi connectivity index (χ0) is 25.5. The van der Waals surface area contributed by atoms with Crippen LogP contribution in [0, 0.1) is 0 Å². The molecule has 1 N–H and O–H groups in total. The van der Waals surface area contributed by atoms with Crippen LogP contribution in [0.3, 0.4) is 0 Å². The molecule has 2 aromatic carbocycles. The van der Waals surface area contributed by atoms with Gasteiger partial charge in [-0.1, -0.05) is 61.0 Å². The van der Waals surface area contributed by atoms with Gasteiger partial charge in [0, 0.05) is 17.6 Å². The van der Waals surface area contributed by atoms with Gasteiger partial charge in [0.1, 0.15) is 12.6 Å². The van der Waals surface area contributed by atoms with Gasteiger partial charge in [0.25, 0.3) is 0 Å². The molecule has 0 aromatic heterocycles. The van der Waals surface area contributed by atoms with Gasteiger partial charge in [-0.3, -0.25) is 13.9 Å². The Labute approximate surface area is 211 Å². The maximum Gasteiger partial charge on any atom is 0.244 e. The van der Waals surface area contributed by atoms with Crippen LogP contribution in [-0.2, 0) is 26.2 Å². The number of amides is 2. The molecule has 34 heavy (non-hydrogen) atoms. The topological polar surface area (TPSA) is 86.8 Å². The highest BCUT2D eigenvalue weighted by Crippen LogP contribution is 2.23. The van der Waals surface area contributed by atoms with E-state index >= 15 is 0 Å². The molecule has 0 radical (unpaired) electrons. The average molecular weight is 553 g/mol. The highest BCUT2D eigenvalue weighted by atomic mass is 79.9. The fourth-order valence-corrected chi connectivity index (χ4v) is 4.52. The summed E-state index contributed by atoms with van der Waals surface area (Å²) in [5, 5.41) is 2.82. The van der Waals surface area contributed by atoms with E-state index in [1.807, 2.05) is 43.3 Å². The van der Waals surface area contributed by atoms with Crippen molar-refractivity contribution < 1.29 is 18.0 Å². The maximum absolute atomic E-state index is 13.5. The van der Waals surface area contributed by atoms with Crippen molar-refractivity contribution in [3.05, 3.63) is 64.1 Å². The van der Waals surface area contributed by atoms with Crippen molar-refractivity contribution >= 4 is 43.5 Å². The predicted octanol–water partition coefficient (Wildman–Crippen LogP) is 4.28. The van der Waals surface area contributed by atoms with Crippen molar-refractivity contribution in [1.29, 1.82) is 0 Å². The van der Waals surface area contributed by atoms with Crippen LogP contribution in [-0.4, -0.2) is 50.5 Å². The first-order chi connectivity index (χ1) is 15.9. The minimum Gasteiger partial charge on any atom is -0.354 e. The average Bonchev–Trinajstić information content (AvgIpc) is 2.79. The Bertz CT molecular complexity index is 1070. The molecule has 0 aliphatic rings. The lowest BCUT2D eigenvalue weighted by Gasteiger charge is -2.31. The molecule has 2 aromatic rings. The van der Waals surface area contributed by atoms with Crippen LogP contribution in [0.15, 0.2) is 53.0 Å². The van der Waals surface area contributed by atoms with Crippen molar-refractivity contribution in [2.75, 3.05) is 23.7 Å². The number of nitrogens with one attached hydrogen (secondary N) is 1. The van der Waals surface area contributed by atoms with E-state index in [9.17, 15) is 18.0 Å². The second kappa shape index (κ2) is 12.4. The van der Waals surface area contributed by atoms with Crippen LogP contribution in [0.4, 0.5) is 5.69 Å². The van der Waals surface area contributed by atoms with Gasteiger partial charge in [0.05, 0.1) is 11.9 Å². The molecule has 9 heteroatoms. The summed E-state index contributed by atoms with van der Waals surface area (Å²) in [6, 6.07) is 13.8. The Morgan fingerprint density at radius 3 is 2.09 bits per heavy atom. The Morgan fingerprint density at radius 1 is 1.00 bits per heavy atom. The summed E-state index contributed by atoms with van der Waals surface area (Å²) in [4.78, 5) is 27.6. The Kier molecular flexibility index (Phi) is 10.1. The molecule has 0 unspecified atom stereocenters. The van der Waals surface area contributed by atoms with Gasteiger partial charge in [-0.25, -0.2) is 8.42 Å². The zero-order valence-corrected chi connectivity index (χ0v) is 22.8. The highest BCUT2D eigenvalue weighted by Gasteiger charge is 2.30. The molecule has 0 saturated heterocycles. The van der Waals surface area contributed by atoms with Crippen LogP contribution in [0.5, 0.6) is 0 Å². The number of benzene rings is 2. The summed E-state index contributed by atoms with van der Waals surface area (Å²) in [7, 11) is -3.74. The summed E-state index contributed by atoms with van der Waals surface area (Å²) >= 11 is 3.40. The lowest BCUT2D eigenvalue weighted by Crippen LogP contribution is -2.51. The van der Waals surface area contributed by atoms with E-state index in [1.165, 1.54) is 4.90 Å². The van der Waals surface area contributed by atoms with Gasteiger partial charge >= 0.3 is 0 Å². The van der Waals surface area contributed by atoms with Gasteiger partial charge in [-0.2, -0.15) is 0 Å². The van der Waals surface area contributed by atoms with Gasteiger partial charge in [0.15, 0.2) is 0 Å². The molecule has 2 amide bonds. The Morgan fingerprint density at radius 2 is 1.59 bits per heavy atom. The quantitative estimate of drug-likeness (QED) is 0.451. The van der Waals surface area contributed by atoms with E-state index in [4.69, 9.17) is 0 Å². The highest BCUT2D eigenvalue weighted by molar-refractivity contribution is 9.10.